The lowest BCUT2D eigenvalue weighted by Crippen LogP contribution is -2.23. The van der Waals surface area contributed by atoms with E-state index in [9.17, 15) is 14.9 Å². The quantitative estimate of drug-likeness (QED) is 0.487. The molecule has 138 valence electrons. The number of amides is 1. The number of nitrogens with one attached hydrogen (secondary N) is 1. The Bertz CT molecular complexity index is 855. The fourth-order valence-corrected chi connectivity index (χ4v) is 3.17. The van der Waals surface area contributed by atoms with Crippen molar-refractivity contribution >= 4 is 57.8 Å². The molecule has 0 radical (unpaired) electrons. The Morgan fingerprint density at radius 1 is 1.12 bits per heavy atom. The number of nitro benzene ring substituents is 1. The van der Waals surface area contributed by atoms with E-state index in [4.69, 9.17) is 34.8 Å². The van der Waals surface area contributed by atoms with E-state index in [0.29, 0.717) is 23.8 Å². The number of halogens is 3. The van der Waals surface area contributed by atoms with Crippen molar-refractivity contribution < 1.29 is 9.72 Å². The molecule has 0 atom stereocenters. The Hall–Kier alpha value is -2.02. The molecule has 0 saturated heterocycles. The minimum Gasteiger partial charge on any atom is -0.366 e. The molecule has 0 aromatic heterocycles. The molecule has 26 heavy (non-hydrogen) atoms. The number of carbonyl (C=O) groups is 1. The van der Waals surface area contributed by atoms with Gasteiger partial charge in [-0.3, -0.25) is 14.9 Å². The van der Waals surface area contributed by atoms with Crippen molar-refractivity contribution in [3.8, 4) is 0 Å². The van der Waals surface area contributed by atoms with Gasteiger partial charge in [0, 0.05) is 24.2 Å². The van der Waals surface area contributed by atoms with Gasteiger partial charge in [-0.15, -0.1) is 0 Å². The Kier molecular flexibility index (Phi) is 6.69. The van der Waals surface area contributed by atoms with Gasteiger partial charge in [0.25, 0.3) is 11.6 Å². The molecule has 0 spiro atoms. The van der Waals surface area contributed by atoms with Crippen molar-refractivity contribution in [1.29, 1.82) is 0 Å². The molecule has 0 aliphatic heterocycles. The molecule has 0 heterocycles. The molecule has 0 bridgehead atoms. The summed E-state index contributed by atoms with van der Waals surface area (Å²) in [7, 11) is 0. The van der Waals surface area contributed by atoms with Gasteiger partial charge in [0.15, 0.2) is 0 Å². The zero-order valence-electron chi connectivity index (χ0n) is 14.1. The van der Waals surface area contributed by atoms with Crippen LogP contribution in [-0.4, -0.2) is 23.9 Å². The first-order valence-electron chi connectivity index (χ1n) is 7.77. The van der Waals surface area contributed by atoms with Crippen LogP contribution in [0.2, 0.25) is 15.1 Å². The summed E-state index contributed by atoms with van der Waals surface area (Å²) in [4.78, 5) is 25.1. The third-order valence-electron chi connectivity index (χ3n) is 3.79. The smallest absolute Gasteiger partial charge is 0.294 e. The average molecular weight is 417 g/mol. The Labute approximate surface area is 165 Å². The number of hydrogen-bond acceptors (Lipinski definition) is 4. The highest BCUT2D eigenvalue weighted by atomic mass is 35.5. The van der Waals surface area contributed by atoms with E-state index in [2.05, 4.69) is 5.32 Å². The first-order valence-corrected chi connectivity index (χ1v) is 8.91. The minimum atomic E-state index is -0.499. The summed E-state index contributed by atoms with van der Waals surface area (Å²) in [5.41, 5.74) is 0.730. The molecule has 0 aliphatic carbocycles. The van der Waals surface area contributed by atoms with Gasteiger partial charge in [-0.1, -0.05) is 34.8 Å². The molecule has 1 N–H and O–H groups in total. The standard InChI is InChI=1S/C17H16Cl3N3O3/c1-3-22(4-2)15-9-14(13(20)8-16(15)23(25)26)21-17(24)11-6-5-10(18)7-12(11)19/h5-9H,3-4H2,1-2H3,(H,21,24). The van der Waals surface area contributed by atoms with Gasteiger partial charge in [-0.2, -0.15) is 0 Å². The topological polar surface area (TPSA) is 75.5 Å². The van der Waals surface area contributed by atoms with Crippen LogP contribution >= 0.6 is 34.8 Å². The first kappa shape index (κ1) is 20.3. The molecule has 9 heteroatoms. The van der Waals surface area contributed by atoms with Crippen molar-refractivity contribution in [2.45, 2.75) is 13.8 Å². The lowest BCUT2D eigenvalue weighted by Gasteiger charge is -2.22. The fourth-order valence-electron chi connectivity index (χ4n) is 2.47. The molecule has 0 saturated carbocycles. The molecule has 2 rings (SSSR count). The SMILES string of the molecule is CCN(CC)c1cc(NC(=O)c2ccc(Cl)cc2Cl)c(Cl)cc1[N+](=O)[O-]. The van der Waals surface area contributed by atoms with E-state index in [0.717, 1.165) is 0 Å². The second kappa shape index (κ2) is 8.58. The number of hydrogen-bond donors (Lipinski definition) is 1. The number of anilines is 2. The van der Waals surface area contributed by atoms with Crippen LogP contribution in [0.1, 0.15) is 24.2 Å². The summed E-state index contributed by atoms with van der Waals surface area (Å²) in [5.74, 6) is -0.493. The lowest BCUT2D eigenvalue weighted by molar-refractivity contribution is -0.384. The summed E-state index contributed by atoms with van der Waals surface area (Å²) in [5, 5.41) is 14.7. The normalized spacial score (nSPS) is 10.5. The second-order valence-electron chi connectivity index (χ2n) is 5.33. The van der Waals surface area contributed by atoms with Crippen molar-refractivity contribution in [1.82, 2.24) is 0 Å². The van der Waals surface area contributed by atoms with Crippen LogP contribution in [-0.2, 0) is 0 Å². The molecule has 2 aromatic rings. The first-order chi connectivity index (χ1) is 12.3. The summed E-state index contributed by atoms with van der Waals surface area (Å²) in [6.07, 6.45) is 0. The van der Waals surface area contributed by atoms with E-state index < -0.39 is 10.8 Å². The largest absolute Gasteiger partial charge is 0.366 e. The Morgan fingerprint density at radius 3 is 2.31 bits per heavy atom. The third kappa shape index (κ3) is 4.38. The van der Waals surface area contributed by atoms with Crippen LogP contribution in [0.15, 0.2) is 30.3 Å². The molecule has 0 unspecified atom stereocenters. The highest BCUT2D eigenvalue weighted by molar-refractivity contribution is 6.38. The second-order valence-corrected chi connectivity index (χ2v) is 6.58. The molecular formula is C17H16Cl3N3O3. The summed E-state index contributed by atoms with van der Waals surface area (Å²) in [6.45, 7) is 4.89. The van der Waals surface area contributed by atoms with Gasteiger partial charge in [-0.25, -0.2) is 0 Å². The van der Waals surface area contributed by atoms with Crippen LogP contribution in [0, 0.1) is 10.1 Å². The molecule has 6 nitrogen and oxygen atoms in total. The zero-order chi connectivity index (χ0) is 19.4. The van der Waals surface area contributed by atoms with E-state index in [1.165, 1.54) is 24.3 Å². The predicted octanol–water partition coefficient (Wildman–Crippen LogP) is 5.65. The summed E-state index contributed by atoms with van der Waals surface area (Å²) in [6, 6.07) is 7.21. The number of nitro groups is 1. The van der Waals surface area contributed by atoms with Crippen LogP contribution in [0.25, 0.3) is 0 Å². The van der Waals surface area contributed by atoms with E-state index >= 15 is 0 Å². The molecule has 0 aliphatic rings. The third-order valence-corrected chi connectivity index (χ3v) is 4.65. The van der Waals surface area contributed by atoms with Crippen LogP contribution in [0.3, 0.4) is 0 Å². The maximum Gasteiger partial charge on any atom is 0.294 e. The fraction of sp³-hybridized carbons (Fsp3) is 0.235. The molecular weight excluding hydrogens is 401 g/mol. The van der Waals surface area contributed by atoms with Gasteiger partial charge < -0.3 is 10.2 Å². The highest BCUT2D eigenvalue weighted by Crippen LogP contribution is 2.37. The van der Waals surface area contributed by atoms with Crippen LogP contribution < -0.4 is 10.2 Å². The Morgan fingerprint density at radius 2 is 1.77 bits per heavy atom. The van der Waals surface area contributed by atoms with Crippen LogP contribution in [0.4, 0.5) is 17.1 Å². The number of nitrogens with zero attached hydrogens (tertiary/aromatic N) is 2. The average Bonchev–Trinajstić information content (AvgIpc) is 2.57. The molecule has 2 aromatic carbocycles. The van der Waals surface area contributed by atoms with Crippen LogP contribution in [0.5, 0.6) is 0 Å². The summed E-state index contributed by atoms with van der Waals surface area (Å²) >= 11 is 18.0. The van der Waals surface area contributed by atoms with Crippen molar-refractivity contribution in [3.05, 3.63) is 61.1 Å². The van der Waals surface area contributed by atoms with Gasteiger partial charge in [0.05, 0.1) is 26.2 Å². The highest BCUT2D eigenvalue weighted by Gasteiger charge is 2.22. The maximum absolute atomic E-state index is 12.5. The van der Waals surface area contributed by atoms with Crippen molar-refractivity contribution in [2.24, 2.45) is 0 Å². The van der Waals surface area contributed by atoms with E-state index in [1.54, 1.807) is 11.0 Å². The monoisotopic (exact) mass is 415 g/mol. The lowest BCUT2D eigenvalue weighted by atomic mass is 10.1. The van der Waals surface area contributed by atoms with E-state index in [-0.39, 0.29) is 27.0 Å². The molecule has 1 amide bonds. The predicted molar refractivity (Wildman–Crippen MR) is 106 cm³/mol. The molecule has 0 fully saturated rings. The van der Waals surface area contributed by atoms with Gasteiger partial charge >= 0.3 is 0 Å². The zero-order valence-corrected chi connectivity index (χ0v) is 16.3. The van der Waals surface area contributed by atoms with Gasteiger partial charge in [0.2, 0.25) is 0 Å². The minimum absolute atomic E-state index is 0.0612. The number of rotatable bonds is 6. The summed E-state index contributed by atoms with van der Waals surface area (Å²) < 4.78 is 0. The van der Waals surface area contributed by atoms with E-state index in [1.807, 2.05) is 13.8 Å². The number of carbonyl (C=O) groups excluding carboxylic acids is 1. The Balaban J connectivity index is 2.44. The van der Waals surface area contributed by atoms with Crippen molar-refractivity contribution in [3.63, 3.8) is 0 Å². The van der Waals surface area contributed by atoms with Crippen molar-refractivity contribution in [2.75, 3.05) is 23.3 Å². The van der Waals surface area contributed by atoms with Gasteiger partial charge in [-0.05, 0) is 38.1 Å². The number of benzene rings is 2. The maximum atomic E-state index is 12.5. The van der Waals surface area contributed by atoms with Gasteiger partial charge in [0.1, 0.15) is 5.69 Å².